The average molecular weight is 288 g/mol. The van der Waals surface area contributed by atoms with Gasteiger partial charge in [0, 0.05) is 24.2 Å². The third kappa shape index (κ3) is 2.96. The predicted molar refractivity (Wildman–Crippen MR) is 82.5 cm³/mol. The molecule has 1 N–H and O–H groups in total. The number of nitro groups is 1. The largest absolute Gasteiger partial charge is 0.360 e. The van der Waals surface area contributed by atoms with Gasteiger partial charge in [0.15, 0.2) is 5.78 Å². The van der Waals surface area contributed by atoms with Gasteiger partial charge in [-0.25, -0.2) is 0 Å². The number of ketones is 1. The van der Waals surface area contributed by atoms with Gasteiger partial charge in [0.05, 0.1) is 15.8 Å². The van der Waals surface area contributed by atoms with E-state index in [1.165, 1.54) is 6.07 Å². The van der Waals surface area contributed by atoms with Crippen molar-refractivity contribution in [3.63, 3.8) is 0 Å². The van der Waals surface area contributed by atoms with Gasteiger partial charge in [0.1, 0.15) is 0 Å². The predicted octanol–water partition coefficient (Wildman–Crippen LogP) is 4.33. The lowest BCUT2D eigenvalue weighted by molar-refractivity contribution is -0.383. The number of Topliss-reactive ketones (excluding diaryl/α,β-unsaturated/α-hetero) is 1. The van der Waals surface area contributed by atoms with Crippen molar-refractivity contribution < 1.29 is 9.72 Å². The lowest BCUT2D eigenvalue weighted by Crippen LogP contribution is -2.20. The van der Waals surface area contributed by atoms with Crippen LogP contribution >= 0.6 is 0 Å². The number of nitrogens with one attached hydrogen (secondary N) is 1. The van der Waals surface area contributed by atoms with E-state index in [-0.39, 0.29) is 22.8 Å². The van der Waals surface area contributed by atoms with E-state index in [0.717, 1.165) is 0 Å². The molecule has 1 atom stereocenters. The molecular formula is C16H20N2O3. The second kappa shape index (κ2) is 5.31. The van der Waals surface area contributed by atoms with Gasteiger partial charge < -0.3 is 4.98 Å². The molecule has 21 heavy (non-hydrogen) atoms. The lowest BCUT2D eigenvalue weighted by Gasteiger charge is -2.26. The van der Waals surface area contributed by atoms with Crippen LogP contribution in [0.25, 0.3) is 10.9 Å². The highest BCUT2D eigenvalue weighted by molar-refractivity contribution is 6.11. The van der Waals surface area contributed by atoms with Gasteiger partial charge in [-0.2, -0.15) is 0 Å². The summed E-state index contributed by atoms with van der Waals surface area (Å²) in [6.45, 7) is 8.29. The van der Waals surface area contributed by atoms with Crippen LogP contribution in [-0.2, 0) is 0 Å². The summed E-state index contributed by atoms with van der Waals surface area (Å²) < 4.78 is 0. The number of nitro benzene ring substituents is 1. The Labute approximate surface area is 123 Å². The molecule has 112 valence electrons. The minimum absolute atomic E-state index is 0.0215. The number of benzene rings is 1. The molecule has 0 spiro atoms. The van der Waals surface area contributed by atoms with Gasteiger partial charge in [-0.1, -0.05) is 33.8 Å². The van der Waals surface area contributed by atoms with E-state index >= 15 is 0 Å². The van der Waals surface area contributed by atoms with E-state index in [0.29, 0.717) is 22.9 Å². The molecule has 0 fully saturated rings. The zero-order valence-electron chi connectivity index (χ0n) is 12.8. The second-order valence-corrected chi connectivity index (χ2v) is 6.55. The van der Waals surface area contributed by atoms with Crippen LogP contribution in [0.3, 0.4) is 0 Å². The van der Waals surface area contributed by atoms with Crippen LogP contribution in [0, 0.1) is 21.4 Å². The summed E-state index contributed by atoms with van der Waals surface area (Å²) in [5.74, 6) is 0.135. The van der Waals surface area contributed by atoms with Crippen molar-refractivity contribution in [2.75, 3.05) is 0 Å². The van der Waals surface area contributed by atoms with Crippen LogP contribution in [0.5, 0.6) is 0 Å². The quantitative estimate of drug-likeness (QED) is 0.516. The summed E-state index contributed by atoms with van der Waals surface area (Å²) in [6, 6.07) is 4.79. The van der Waals surface area contributed by atoms with Crippen molar-refractivity contribution in [3.05, 3.63) is 40.1 Å². The van der Waals surface area contributed by atoms with E-state index in [2.05, 4.69) is 25.8 Å². The summed E-state index contributed by atoms with van der Waals surface area (Å²) in [5, 5.41) is 11.6. The molecule has 5 nitrogen and oxygen atoms in total. The molecule has 0 amide bonds. The first kappa shape index (κ1) is 15.2. The lowest BCUT2D eigenvalue weighted by atomic mass is 9.78. The molecule has 0 saturated carbocycles. The number of rotatable bonds is 4. The van der Waals surface area contributed by atoms with Gasteiger partial charge in [0.25, 0.3) is 5.69 Å². The first-order valence-electron chi connectivity index (χ1n) is 6.99. The minimum Gasteiger partial charge on any atom is -0.360 e. The molecule has 0 radical (unpaired) electrons. The number of hydrogen-bond donors (Lipinski definition) is 1. The second-order valence-electron chi connectivity index (χ2n) is 6.55. The molecular weight excluding hydrogens is 268 g/mol. The summed E-state index contributed by atoms with van der Waals surface area (Å²) in [6.07, 6.45) is 1.96. The maximum Gasteiger partial charge on any atom is 0.279 e. The number of non-ortho nitro benzene ring substituents is 1. The summed E-state index contributed by atoms with van der Waals surface area (Å²) in [5.41, 5.74) is 1.03. The van der Waals surface area contributed by atoms with Crippen molar-refractivity contribution in [1.29, 1.82) is 0 Å². The third-order valence-corrected chi connectivity index (χ3v) is 4.15. The van der Waals surface area contributed by atoms with Crippen molar-refractivity contribution >= 4 is 22.4 Å². The molecule has 0 aliphatic carbocycles. The molecule has 0 saturated heterocycles. The number of H-pyrrole nitrogens is 1. The van der Waals surface area contributed by atoms with Crippen molar-refractivity contribution in [2.24, 2.45) is 11.3 Å². The molecule has 1 aromatic carbocycles. The van der Waals surface area contributed by atoms with E-state index < -0.39 is 4.92 Å². The topological polar surface area (TPSA) is 76.0 Å². The number of carbonyl (C=O) groups excluding carboxylic acids is 1. The Balaban J connectivity index is 2.43. The Hall–Kier alpha value is -2.17. The van der Waals surface area contributed by atoms with Crippen molar-refractivity contribution in [2.45, 2.75) is 34.1 Å². The summed E-state index contributed by atoms with van der Waals surface area (Å²) in [4.78, 5) is 26.2. The summed E-state index contributed by atoms with van der Waals surface area (Å²) >= 11 is 0. The first-order chi connectivity index (χ1) is 9.71. The van der Waals surface area contributed by atoms with E-state index in [1.54, 1.807) is 18.3 Å². The van der Waals surface area contributed by atoms with Crippen LogP contribution in [0.4, 0.5) is 5.69 Å². The Bertz CT molecular complexity index is 695. The molecule has 2 aromatic rings. The van der Waals surface area contributed by atoms with Crippen LogP contribution in [-0.4, -0.2) is 15.7 Å². The number of aromatic nitrogens is 1. The Kier molecular flexibility index (Phi) is 3.85. The first-order valence-corrected chi connectivity index (χ1v) is 6.99. The SMILES string of the molecule is CC(CC(=O)c1c[nH]c2cccc([N+](=O)[O-])c12)C(C)(C)C. The van der Waals surface area contributed by atoms with Gasteiger partial charge >= 0.3 is 0 Å². The van der Waals surface area contributed by atoms with E-state index in [4.69, 9.17) is 0 Å². The average Bonchev–Trinajstić information content (AvgIpc) is 2.80. The number of nitrogens with zero attached hydrogens (tertiary/aromatic N) is 1. The van der Waals surface area contributed by atoms with Gasteiger partial charge in [0.2, 0.25) is 0 Å². The summed E-state index contributed by atoms with van der Waals surface area (Å²) in [7, 11) is 0. The molecule has 5 heteroatoms. The number of hydrogen-bond acceptors (Lipinski definition) is 3. The van der Waals surface area contributed by atoms with Crippen LogP contribution in [0.1, 0.15) is 44.5 Å². The molecule has 0 aliphatic heterocycles. The highest BCUT2D eigenvalue weighted by Gasteiger charge is 2.26. The maximum absolute atomic E-state index is 12.5. The van der Waals surface area contributed by atoms with Gasteiger partial charge in [-0.05, 0) is 17.4 Å². The van der Waals surface area contributed by atoms with Gasteiger partial charge in [-0.15, -0.1) is 0 Å². The minimum atomic E-state index is -0.444. The monoisotopic (exact) mass is 288 g/mol. The molecule has 0 aliphatic rings. The number of fused-ring (bicyclic) bond motifs is 1. The zero-order chi connectivity index (χ0) is 15.8. The zero-order valence-corrected chi connectivity index (χ0v) is 12.8. The fraction of sp³-hybridized carbons (Fsp3) is 0.438. The fourth-order valence-corrected chi connectivity index (χ4v) is 2.23. The Morgan fingerprint density at radius 1 is 1.38 bits per heavy atom. The Morgan fingerprint density at radius 3 is 2.62 bits per heavy atom. The smallest absolute Gasteiger partial charge is 0.279 e. The van der Waals surface area contributed by atoms with E-state index in [1.807, 2.05) is 6.92 Å². The van der Waals surface area contributed by atoms with Crippen LogP contribution < -0.4 is 0 Å². The number of aromatic amines is 1. The normalized spacial score (nSPS) is 13.3. The molecule has 1 heterocycles. The van der Waals surface area contributed by atoms with Gasteiger partial charge in [-0.3, -0.25) is 14.9 Å². The molecule has 2 rings (SSSR count). The molecule has 1 unspecified atom stereocenters. The highest BCUT2D eigenvalue weighted by Crippen LogP contribution is 2.33. The van der Waals surface area contributed by atoms with E-state index in [9.17, 15) is 14.9 Å². The fourth-order valence-electron chi connectivity index (χ4n) is 2.23. The highest BCUT2D eigenvalue weighted by atomic mass is 16.6. The third-order valence-electron chi connectivity index (χ3n) is 4.15. The van der Waals surface area contributed by atoms with Crippen LogP contribution in [0.15, 0.2) is 24.4 Å². The molecule has 1 aromatic heterocycles. The standard InChI is InChI=1S/C16H20N2O3/c1-10(16(2,3)4)8-14(19)11-9-17-12-6-5-7-13(15(11)12)18(20)21/h5-7,9-10,17H,8H2,1-4H3. The van der Waals surface area contributed by atoms with Crippen LogP contribution in [0.2, 0.25) is 0 Å². The molecule has 0 bridgehead atoms. The number of carbonyl (C=O) groups is 1. The maximum atomic E-state index is 12.5. The van der Waals surface area contributed by atoms with Crippen molar-refractivity contribution in [1.82, 2.24) is 4.98 Å². The van der Waals surface area contributed by atoms with Crippen molar-refractivity contribution in [3.8, 4) is 0 Å². The Morgan fingerprint density at radius 2 is 2.05 bits per heavy atom.